The van der Waals surface area contributed by atoms with Crippen molar-refractivity contribution < 1.29 is 0 Å². The van der Waals surface area contributed by atoms with Gasteiger partial charge in [0, 0.05) is 29.0 Å². The minimum Gasteiger partial charge on any atom is -0.322 e. The second-order valence-corrected chi connectivity index (χ2v) is 5.10. The van der Waals surface area contributed by atoms with Crippen LogP contribution in [0, 0.1) is 0 Å². The number of nitrogens with two attached hydrogens (primary N) is 1. The number of hydrogen-bond acceptors (Lipinski definition) is 3. The molecule has 0 amide bonds. The fourth-order valence-electron chi connectivity index (χ4n) is 1.93. The predicted octanol–water partition coefficient (Wildman–Crippen LogP) is 3.04. The van der Waals surface area contributed by atoms with E-state index >= 15 is 0 Å². The molecular formula is C14H16BrN3. The van der Waals surface area contributed by atoms with Gasteiger partial charge < -0.3 is 5.73 Å². The Hall–Kier alpha value is -1.26. The maximum Gasteiger partial charge on any atom is 0.0606 e. The average Bonchev–Trinajstić information content (AvgIpc) is 2.41. The van der Waals surface area contributed by atoms with Gasteiger partial charge >= 0.3 is 0 Å². The van der Waals surface area contributed by atoms with E-state index in [1.807, 2.05) is 18.2 Å². The van der Waals surface area contributed by atoms with E-state index in [2.05, 4.69) is 38.9 Å². The van der Waals surface area contributed by atoms with Crippen LogP contribution in [0.4, 0.5) is 0 Å². The molecule has 2 aromatic heterocycles. The van der Waals surface area contributed by atoms with Gasteiger partial charge in [0.2, 0.25) is 0 Å². The van der Waals surface area contributed by atoms with E-state index < -0.39 is 0 Å². The van der Waals surface area contributed by atoms with E-state index in [9.17, 15) is 0 Å². The third-order valence-electron chi connectivity index (χ3n) is 2.88. The quantitative estimate of drug-likeness (QED) is 0.944. The Labute approximate surface area is 116 Å². The molecule has 0 aliphatic rings. The van der Waals surface area contributed by atoms with Crippen LogP contribution in [0.5, 0.6) is 0 Å². The first-order chi connectivity index (χ1) is 8.70. The van der Waals surface area contributed by atoms with E-state index in [1.165, 1.54) is 5.56 Å². The highest BCUT2D eigenvalue weighted by Crippen LogP contribution is 2.18. The molecule has 0 bridgehead atoms. The van der Waals surface area contributed by atoms with Crippen LogP contribution in [0.1, 0.15) is 29.9 Å². The first-order valence-corrected chi connectivity index (χ1v) is 6.79. The van der Waals surface area contributed by atoms with Gasteiger partial charge in [0.15, 0.2) is 0 Å². The summed E-state index contributed by atoms with van der Waals surface area (Å²) in [5.74, 6) is 0. The summed E-state index contributed by atoms with van der Waals surface area (Å²) in [5.41, 5.74) is 9.40. The number of aryl methyl sites for hydroxylation is 1. The molecule has 0 radical (unpaired) electrons. The third-order valence-corrected chi connectivity index (χ3v) is 3.34. The molecule has 0 spiro atoms. The maximum atomic E-state index is 6.23. The van der Waals surface area contributed by atoms with Crippen LogP contribution < -0.4 is 5.73 Å². The Balaban J connectivity index is 2.16. The first-order valence-electron chi connectivity index (χ1n) is 6.00. The SMILES string of the molecule is CCc1cccnc1C(N)Cc1ccc(Br)cn1. The van der Waals surface area contributed by atoms with Crippen LogP contribution in [0.15, 0.2) is 41.1 Å². The Morgan fingerprint density at radius 3 is 2.78 bits per heavy atom. The zero-order valence-electron chi connectivity index (χ0n) is 10.3. The van der Waals surface area contributed by atoms with E-state index in [4.69, 9.17) is 5.73 Å². The summed E-state index contributed by atoms with van der Waals surface area (Å²) < 4.78 is 0.979. The highest BCUT2D eigenvalue weighted by atomic mass is 79.9. The lowest BCUT2D eigenvalue weighted by Gasteiger charge is -2.14. The van der Waals surface area contributed by atoms with Gasteiger partial charge in [-0.1, -0.05) is 13.0 Å². The van der Waals surface area contributed by atoms with Crippen molar-refractivity contribution in [3.63, 3.8) is 0 Å². The fourth-order valence-corrected chi connectivity index (χ4v) is 2.17. The van der Waals surface area contributed by atoms with Gasteiger partial charge in [-0.3, -0.25) is 9.97 Å². The van der Waals surface area contributed by atoms with Crippen LogP contribution in [-0.4, -0.2) is 9.97 Å². The van der Waals surface area contributed by atoms with Crippen LogP contribution in [-0.2, 0) is 12.8 Å². The number of pyridine rings is 2. The van der Waals surface area contributed by atoms with Crippen molar-refractivity contribution in [3.8, 4) is 0 Å². The first kappa shape index (κ1) is 13.2. The van der Waals surface area contributed by atoms with Gasteiger partial charge in [0.25, 0.3) is 0 Å². The van der Waals surface area contributed by atoms with Crippen LogP contribution >= 0.6 is 15.9 Å². The van der Waals surface area contributed by atoms with E-state index in [0.717, 1.165) is 22.3 Å². The van der Waals surface area contributed by atoms with Crippen LogP contribution in [0.25, 0.3) is 0 Å². The number of hydrogen-bond donors (Lipinski definition) is 1. The molecule has 0 fully saturated rings. The van der Waals surface area contributed by atoms with Crippen molar-refractivity contribution in [2.75, 3.05) is 0 Å². The number of aromatic nitrogens is 2. The Bertz CT molecular complexity index is 511. The molecule has 1 atom stereocenters. The average molecular weight is 306 g/mol. The van der Waals surface area contributed by atoms with Crippen molar-refractivity contribution in [2.24, 2.45) is 5.73 Å². The molecule has 18 heavy (non-hydrogen) atoms. The monoisotopic (exact) mass is 305 g/mol. The summed E-state index contributed by atoms with van der Waals surface area (Å²) in [6, 6.07) is 7.89. The van der Waals surface area contributed by atoms with E-state index in [1.54, 1.807) is 12.4 Å². The molecule has 2 heterocycles. The molecule has 2 rings (SSSR count). The lowest BCUT2D eigenvalue weighted by atomic mass is 10.0. The normalized spacial score (nSPS) is 12.4. The molecular weight excluding hydrogens is 290 g/mol. The second kappa shape index (κ2) is 6.07. The van der Waals surface area contributed by atoms with Gasteiger partial charge in [0.1, 0.15) is 0 Å². The van der Waals surface area contributed by atoms with Crippen LogP contribution in [0.3, 0.4) is 0 Å². The minimum absolute atomic E-state index is 0.102. The number of rotatable bonds is 4. The van der Waals surface area contributed by atoms with Crippen molar-refractivity contribution in [2.45, 2.75) is 25.8 Å². The van der Waals surface area contributed by atoms with E-state index in [-0.39, 0.29) is 6.04 Å². The molecule has 0 aliphatic carbocycles. The molecule has 0 saturated heterocycles. The summed E-state index contributed by atoms with van der Waals surface area (Å²) in [5, 5.41) is 0. The van der Waals surface area contributed by atoms with Crippen molar-refractivity contribution >= 4 is 15.9 Å². The molecule has 0 aliphatic heterocycles. The van der Waals surface area contributed by atoms with Crippen molar-refractivity contribution in [3.05, 3.63) is 58.1 Å². The van der Waals surface area contributed by atoms with Gasteiger partial charge in [-0.25, -0.2) is 0 Å². The highest BCUT2D eigenvalue weighted by molar-refractivity contribution is 9.10. The third kappa shape index (κ3) is 3.15. The molecule has 2 aromatic rings. The number of halogens is 1. The van der Waals surface area contributed by atoms with Gasteiger partial charge in [-0.05, 0) is 46.1 Å². The molecule has 3 nitrogen and oxygen atoms in total. The maximum absolute atomic E-state index is 6.23. The molecule has 1 unspecified atom stereocenters. The van der Waals surface area contributed by atoms with Gasteiger partial charge in [-0.2, -0.15) is 0 Å². The summed E-state index contributed by atoms with van der Waals surface area (Å²) in [6.45, 7) is 2.12. The highest BCUT2D eigenvalue weighted by Gasteiger charge is 2.12. The fraction of sp³-hybridized carbons (Fsp3) is 0.286. The zero-order valence-corrected chi connectivity index (χ0v) is 11.9. The topological polar surface area (TPSA) is 51.8 Å². The van der Waals surface area contributed by atoms with Gasteiger partial charge in [0.05, 0.1) is 11.7 Å². The Morgan fingerprint density at radius 2 is 2.11 bits per heavy atom. The Kier molecular flexibility index (Phi) is 4.44. The summed E-state index contributed by atoms with van der Waals surface area (Å²) in [7, 11) is 0. The van der Waals surface area contributed by atoms with Crippen molar-refractivity contribution in [1.82, 2.24) is 9.97 Å². The lowest BCUT2D eigenvalue weighted by Crippen LogP contribution is -2.17. The minimum atomic E-state index is -0.102. The van der Waals surface area contributed by atoms with Gasteiger partial charge in [-0.15, -0.1) is 0 Å². The van der Waals surface area contributed by atoms with Crippen molar-refractivity contribution in [1.29, 1.82) is 0 Å². The summed E-state index contributed by atoms with van der Waals surface area (Å²) >= 11 is 3.37. The molecule has 94 valence electrons. The molecule has 0 aromatic carbocycles. The summed E-state index contributed by atoms with van der Waals surface area (Å²) in [4.78, 5) is 8.75. The molecule has 2 N–H and O–H groups in total. The summed E-state index contributed by atoms with van der Waals surface area (Å²) in [6.07, 6.45) is 5.24. The largest absolute Gasteiger partial charge is 0.322 e. The standard InChI is InChI=1S/C14H16BrN3/c1-2-10-4-3-7-17-14(10)13(16)8-12-6-5-11(15)9-18-12/h3-7,9,13H,2,8,16H2,1H3. The number of nitrogens with zero attached hydrogens (tertiary/aromatic N) is 2. The second-order valence-electron chi connectivity index (χ2n) is 4.18. The lowest BCUT2D eigenvalue weighted by molar-refractivity contribution is 0.673. The smallest absolute Gasteiger partial charge is 0.0606 e. The predicted molar refractivity (Wildman–Crippen MR) is 76.2 cm³/mol. The Morgan fingerprint density at radius 1 is 1.28 bits per heavy atom. The zero-order chi connectivity index (χ0) is 13.0. The molecule has 4 heteroatoms. The van der Waals surface area contributed by atoms with E-state index in [0.29, 0.717) is 6.42 Å². The molecule has 0 saturated carbocycles. The van der Waals surface area contributed by atoms with Crippen LogP contribution in [0.2, 0.25) is 0 Å².